The highest BCUT2D eigenvalue weighted by Crippen LogP contribution is 2.11. The van der Waals surface area contributed by atoms with Crippen LogP contribution in [0.5, 0.6) is 0 Å². The van der Waals surface area contributed by atoms with Crippen molar-refractivity contribution >= 4 is 11.7 Å². The number of carbonyl (C=O) groups is 1. The van der Waals surface area contributed by atoms with Crippen LogP contribution in [-0.4, -0.2) is 27.2 Å². The molecular formula is C17H18FN5O. The van der Waals surface area contributed by atoms with Crippen molar-refractivity contribution in [1.82, 2.24) is 25.2 Å². The molecule has 0 radical (unpaired) electrons. The molecule has 2 N–H and O–H groups in total. The van der Waals surface area contributed by atoms with Crippen LogP contribution in [0.2, 0.25) is 0 Å². The first kappa shape index (κ1) is 15.9. The van der Waals surface area contributed by atoms with Gasteiger partial charge in [-0.3, -0.25) is 4.40 Å². The third-order valence-corrected chi connectivity index (χ3v) is 3.71. The molecule has 0 aliphatic heterocycles. The van der Waals surface area contributed by atoms with Crippen LogP contribution < -0.4 is 10.6 Å². The van der Waals surface area contributed by atoms with E-state index in [-0.39, 0.29) is 17.9 Å². The summed E-state index contributed by atoms with van der Waals surface area (Å²) in [5.74, 6) is 0.387. The summed E-state index contributed by atoms with van der Waals surface area (Å²) < 4.78 is 15.3. The van der Waals surface area contributed by atoms with E-state index in [0.717, 1.165) is 5.65 Å². The highest BCUT2D eigenvalue weighted by Gasteiger charge is 2.15. The molecule has 124 valence electrons. The van der Waals surface area contributed by atoms with Crippen molar-refractivity contribution in [1.29, 1.82) is 0 Å². The minimum atomic E-state index is -0.327. The van der Waals surface area contributed by atoms with E-state index in [1.807, 2.05) is 35.7 Å². The van der Waals surface area contributed by atoms with E-state index < -0.39 is 0 Å². The predicted molar refractivity (Wildman–Crippen MR) is 88.0 cm³/mol. The van der Waals surface area contributed by atoms with Crippen molar-refractivity contribution in [3.8, 4) is 0 Å². The van der Waals surface area contributed by atoms with Gasteiger partial charge in [0, 0.05) is 12.7 Å². The van der Waals surface area contributed by atoms with Gasteiger partial charge in [-0.1, -0.05) is 24.3 Å². The Morgan fingerprint density at radius 3 is 2.83 bits per heavy atom. The summed E-state index contributed by atoms with van der Waals surface area (Å²) in [5, 5.41) is 13.7. The third kappa shape index (κ3) is 3.51. The fourth-order valence-corrected chi connectivity index (χ4v) is 2.48. The number of benzene rings is 1. The molecule has 3 aromatic rings. The molecule has 0 saturated carbocycles. The number of rotatable bonds is 5. The molecule has 2 amide bonds. The van der Waals surface area contributed by atoms with E-state index in [0.29, 0.717) is 24.4 Å². The number of pyridine rings is 1. The van der Waals surface area contributed by atoms with Gasteiger partial charge >= 0.3 is 6.03 Å². The fourth-order valence-electron chi connectivity index (χ4n) is 2.48. The first-order valence-electron chi connectivity index (χ1n) is 7.72. The number of aromatic nitrogens is 3. The third-order valence-electron chi connectivity index (χ3n) is 3.71. The first-order valence-corrected chi connectivity index (χ1v) is 7.72. The summed E-state index contributed by atoms with van der Waals surface area (Å²) in [4.78, 5) is 12.0. The van der Waals surface area contributed by atoms with Crippen LogP contribution >= 0.6 is 0 Å². The van der Waals surface area contributed by atoms with Gasteiger partial charge in [-0.25, -0.2) is 9.18 Å². The number of carbonyl (C=O) groups excluding carboxylic acids is 1. The molecule has 3 rings (SSSR count). The van der Waals surface area contributed by atoms with Crippen LogP contribution in [-0.2, 0) is 6.42 Å². The molecule has 2 heterocycles. The van der Waals surface area contributed by atoms with Crippen molar-refractivity contribution in [2.24, 2.45) is 0 Å². The van der Waals surface area contributed by atoms with Gasteiger partial charge < -0.3 is 10.6 Å². The second kappa shape index (κ2) is 7.08. The van der Waals surface area contributed by atoms with Gasteiger partial charge in [0.05, 0.1) is 6.04 Å². The molecule has 1 aromatic carbocycles. The van der Waals surface area contributed by atoms with E-state index in [1.165, 1.54) is 6.07 Å². The average molecular weight is 327 g/mol. The lowest BCUT2D eigenvalue weighted by molar-refractivity contribution is 0.237. The smallest absolute Gasteiger partial charge is 0.315 e. The van der Waals surface area contributed by atoms with Gasteiger partial charge in [0.2, 0.25) is 0 Å². The van der Waals surface area contributed by atoms with Crippen molar-refractivity contribution in [2.45, 2.75) is 19.4 Å². The first-order chi connectivity index (χ1) is 11.6. The van der Waals surface area contributed by atoms with Gasteiger partial charge in [0.1, 0.15) is 5.82 Å². The van der Waals surface area contributed by atoms with Gasteiger partial charge in [-0.15, -0.1) is 10.2 Å². The molecular weight excluding hydrogens is 309 g/mol. The Morgan fingerprint density at radius 2 is 2.00 bits per heavy atom. The SMILES string of the molecule is CC(NC(=O)NCCc1ccccc1F)c1nnc2ccccn12. The van der Waals surface area contributed by atoms with E-state index in [2.05, 4.69) is 20.8 Å². The number of fused-ring (bicyclic) bond motifs is 1. The van der Waals surface area contributed by atoms with Crippen molar-refractivity contribution in [2.75, 3.05) is 6.54 Å². The molecule has 0 saturated heterocycles. The normalized spacial score (nSPS) is 12.1. The lowest BCUT2D eigenvalue weighted by Crippen LogP contribution is -2.38. The molecule has 0 aliphatic rings. The van der Waals surface area contributed by atoms with E-state index in [4.69, 9.17) is 0 Å². The van der Waals surface area contributed by atoms with E-state index in [1.54, 1.807) is 18.2 Å². The monoisotopic (exact) mass is 327 g/mol. The van der Waals surface area contributed by atoms with Crippen LogP contribution in [0.3, 0.4) is 0 Å². The number of hydrogen-bond acceptors (Lipinski definition) is 3. The van der Waals surface area contributed by atoms with Gasteiger partial charge in [0.15, 0.2) is 11.5 Å². The Morgan fingerprint density at radius 1 is 1.21 bits per heavy atom. The highest BCUT2D eigenvalue weighted by molar-refractivity contribution is 5.74. The minimum Gasteiger partial charge on any atom is -0.338 e. The Labute approximate surface area is 138 Å². The van der Waals surface area contributed by atoms with Crippen LogP contribution in [0, 0.1) is 5.82 Å². The molecule has 24 heavy (non-hydrogen) atoms. The molecule has 6 nitrogen and oxygen atoms in total. The van der Waals surface area contributed by atoms with E-state index in [9.17, 15) is 9.18 Å². The summed E-state index contributed by atoms with van der Waals surface area (Å²) in [6.07, 6.45) is 2.28. The zero-order chi connectivity index (χ0) is 16.9. The van der Waals surface area contributed by atoms with Crippen LogP contribution in [0.4, 0.5) is 9.18 Å². The number of hydrogen-bond donors (Lipinski definition) is 2. The number of nitrogens with zero attached hydrogens (tertiary/aromatic N) is 3. The summed E-state index contributed by atoms with van der Waals surface area (Å²) >= 11 is 0. The summed E-state index contributed by atoms with van der Waals surface area (Å²) in [5.41, 5.74) is 1.30. The maximum atomic E-state index is 13.5. The van der Waals surface area contributed by atoms with Crippen LogP contribution in [0.25, 0.3) is 5.65 Å². The zero-order valence-corrected chi connectivity index (χ0v) is 13.2. The predicted octanol–water partition coefficient (Wildman–Crippen LogP) is 2.47. The maximum Gasteiger partial charge on any atom is 0.315 e. The number of halogens is 1. The number of nitrogens with one attached hydrogen (secondary N) is 2. The highest BCUT2D eigenvalue weighted by atomic mass is 19.1. The Kier molecular flexibility index (Phi) is 4.69. The van der Waals surface area contributed by atoms with Gasteiger partial charge in [0.25, 0.3) is 0 Å². The molecule has 0 fully saturated rings. The van der Waals surface area contributed by atoms with Gasteiger partial charge in [-0.2, -0.15) is 0 Å². The molecule has 0 aliphatic carbocycles. The Bertz CT molecular complexity index is 848. The second-order valence-corrected chi connectivity index (χ2v) is 5.45. The molecule has 0 spiro atoms. The maximum absolute atomic E-state index is 13.5. The van der Waals surface area contributed by atoms with Crippen LogP contribution in [0.1, 0.15) is 24.4 Å². The lowest BCUT2D eigenvalue weighted by atomic mass is 10.1. The number of amides is 2. The van der Waals surface area contributed by atoms with E-state index >= 15 is 0 Å². The molecule has 2 aromatic heterocycles. The lowest BCUT2D eigenvalue weighted by Gasteiger charge is -2.13. The molecule has 1 unspecified atom stereocenters. The standard InChI is InChI=1S/C17H18FN5O/c1-12(16-22-21-15-8-4-5-11-23(15)16)20-17(24)19-10-9-13-6-2-3-7-14(13)18/h2-8,11-12H,9-10H2,1H3,(H2,19,20,24). The van der Waals surface area contributed by atoms with Gasteiger partial charge in [-0.05, 0) is 37.1 Å². The minimum absolute atomic E-state index is 0.261. The second-order valence-electron chi connectivity index (χ2n) is 5.45. The van der Waals surface area contributed by atoms with Crippen molar-refractivity contribution in [3.63, 3.8) is 0 Å². The Hall–Kier alpha value is -2.96. The quantitative estimate of drug-likeness (QED) is 0.756. The largest absolute Gasteiger partial charge is 0.338 e. The zero-order valence-electron chi connectivity index (χ0n) is 13.2. The summed E-state index contributed by atoms with van der Waals surface area (Å²) in [6, 6.07) is 11.5. The Balaban J connectivity index is 1.54. The van der Waals surface area contributed by atoms with Crippen LogP contribution in [0.15, 0.2) is 48.7 Å². The fraction of sp³-hybridized carbons (Fsp3) is 0.235. The summed E-state index contributed by atoms with van der Waals surface area (Å²) in [6.45, 7) is 2.18. The summed E-state index contributed by atoms with van der Waals surface area (Å²) in [7, 11) is 0. The molecule has 7 heteroatoms. The molecule has 0 bridgehead atoms. The van der Waals surface area contributed by atoms with Crippen molar-refractivity contribution < 1.29 is 9.18 Å². The number of urea groups is 1. The van der Waals surface area contributed by atoms with Crippen molar-refractivity contribution in [3.05, 3.63) is 65.9 Å². The molecule has 1 atom stereocenters. The average Bonchev–Trinajstić information content (AvgIpc) is 3.01. The topological polar surface area (TPSA) is 71.3 Å².